The van der Waals surface area contributed by atoms with Crippen LogP contribution in [-0.4, -0.2) is 23.2 Å². The first-order valence-electron chi connectivity index (χ1n) is 5.83. The maximum absolute atomic E-state index is 12.4. The van der Waals surface area contributed by atoms with Gasteiger partial charge in [-0.05, 0) is 19.1 Å². The van der Waals surface area contributed by atoms with Crippen molar-refractivity contribution in [3.63, 3.8) is 0 Å². The molecule has 0 saturated heterocycles. The van der Waals surface area contributed by atoms with Gasteiger partial charge in [-0.2, -0.15) is 5.10 Å². The molecule has 0 radical (unpaired) electrons. The van der Waals surface area contributed by atoms with E-state index in [1.54, 1.807) is 20.2 Å². The van der Waals surface area contributed by atoms with Crippen molar-refractivity contribution in [3.05, 3.63) is 40.7 Å². The molecule has 9 heteroatoms. The van der Waals surface area contributed by atoms with Gasteiger partial charge in [-0.3, -0.25) is 9.40 Å². The van der Waals surface area contributed by atoms with E-state index in [-0.39, 0.29) is 14.9 Å². The van der Waals surface area contributed by atoms with Gasteiger partial charge in [0.15, 0.2) is 0 Å². The summed E-state index contributed by atoms with van der Waals surface area (Å²) in [5.74, 6) is 0. The second kappa shape index (κ2) is 5.63. The number of thiocarbonyl (C=S) groups is 1. The lowest BCUT2D eigenvalue weighted by Gasteiger charge is -2.09. The summed E-state index contributed by atoms with van der Waals surface area (Å²) >= 11 is 10.8. The monoisotopic (exact) mass is 344 g/mol. The van der Waals surface area contributed by atoms with Crippen LogP contribution in [0, 0.1) is 6.92 Å². The van der Waals surface area contributed by atoms with Crippen LogP contribution < -0.4 is 10.5 Å². The minimum absolute atomic E-state index is 0.0487. The van der Waals surface area contributed by atoms with E-state index in [9.17, 15) is 8.42 Å². The smallest absolute Gasteiger partial charge is 0.263 e. The first-order chi connectivity index (χ1) is 9.70. The van der Waals surface area contributed by atoms with E-state index in [1.807, 2.05) is 0 Å². The molecule has 1 aromatic heterocycles. The lowest BCUT2D eigenvalue weighted by atomic mass is 10.2. The van der Waals surface area contributed by atoms with Crippen LogP contribution in [0.4, 0.5) is 5.69 Å². The topological polar surface area (TPSA) is 90.0 Å². The standard InChI is InChI=1S/C12H13ClN4O2S2/c1-7-10(6-17(2)15-7)16-21(18,19)11-4-3-8(12(14)20)5-9(11)13/h3-6,16H,1-2H3,(H2,14,20). The van der Waals surface area contributed by atoms with Gasteiger partial charge in [-0.15, -0.1) is 0 Å². The van der Waals surface area contributed by atoms with E-state index in [0.29, 0.717) is 16.9 Å². The molecule has 1 heterocycles. The lowest BCUT2D eigenvalue weighted by molar-refractivity contribution is 0.601. The Labute approximate surface area is 133 Å². The van der Waals surface area contributed by atoms with Gasteiger partial charge >= 0.3 is 0 Å². The summed E-state index contributed by atoms with van der Waals surface area (Å²) in [6.07, 6.45) is 1.57. The van der Waals surface area contributed by atoms with Crippen LogP contribution in [0.2, 0.25) is 5.02 Å². The Kier molecular flexibility index (Phi) is 4.22. The van der Waals surface area contributed by atoms with E-state index >= 15 is 0 Å². The number of sulfonamides is 1. The third-order valence-electron chi connectivity index (χ3n) is 2.76. The molecule has 3 N–H and O–H groups in total. The molecule has 21 heavy (non-hydrogen) atoms. The fourth-order valence-electron chi connectivity index (χ4n) is 1.77. The summed E-state index contributed by atoms with van der Waals surface area (Å²) in [7, 11) is -2.11. The van der Waals surface area contributed by atoms with Gasteiger partial charge in [0.05, 0.1) is 16.4 Å². The SMILES string of the molecule is Cc1nn(C)cc1NS(=O)(=O)c1ccc(C(N)=S)cc1Cl. The number of nitrogens with zero attached hydrogens (tertiary/aromatic N) is 2. The molecule has 1 aromatic carbocycles. The zero-order valence-electron chi connectivity index (χ0n) is 11.3. The number of nitrogens with one attached hydrogen (secondary N) is 1. The molecule has 0 aliphatic carbocycles. The molecule has 0 saturated carbocycles. The first-order valence-corrected chi connectivity index (χ1v) is 8.10. The third kappa shape index (κ3) is 3.34. The molecule has 112 valence electrons. The van der Waals surface area contributed by atoms with Crippen molar-refractivity contribution in [1.29, 1.82) is 0 Å². The highest BCUT2D eigenvalue weighted by Crippen LogP contribution is 2.25. The van der Waals surface area contributed by atoms with Crippen molar-refractivity contribution in [2.24, 2.45) is 12.8 Å². The Morgan fingerprint density at radius 1 is 1.48 bits per heavy atom. The number of aryl methyl sites for hydroxylation is 2. The lowest BCUT2D eigenvalue weighted by Crippen LogP contribution is -2.15. The average Bonchev–Trinajstić information content (AvgIpc) is 2.66. The number of nitrogens with two attached hydrogens (primary N) is 1. The zero-order valence-corrected chi connectivity index (χ0v) is 13.7. The summed E-state index contributed by atoms with van der Waals surface area (Å²) in [6, 6.07) is 4.30. The van der Waals surface area contributed by atoms with E-state index in [0.717, 1.165) is 0 Å². The van der Waals surface area contributed by atoms with Crippen LogP contribution in [0.1, 0.15) is 11.3 Å². The number of aromatic nitrogens is 2. The van der Waals surface area contributed by atoms with Crippen LogP contribution in [0.3, 0.4) is 0 Å². The molecule has 0 bridgehead atoms. The highest BCUT2D eigenvalue weighted by Gasteiger charge is 2.20. The molecule has 2 aromatic rings. The first kappa shape index (κ1) is 15.7. The molecule has 0 unspecified atom stereocenters. The van der Waals surface area contributed by atoms with Gasteiger partial charge in [0.25, 0.3) is 10.0 Å². The van der Waals surface area contributed by atoms with Gasteiger partial charge in [0.1, 0.15) is 9.88 Å². The maximum Gasteiger partial charge on any atom is 0.263 e. The Bertz CT molecular complexity index is 815. The van der Waals surface area contributed by atoms with Gasteiger partial charge in [0, 0.05) is 18.8 Å². The summed E-state index contributed by atoms with van der Waals surface area (Å²) in [5.41, 5.74) is 6.95. The average molecular weight is 345 g/mol. The number of rotatable bonds is 4. The largest absolute Gasteiger partial charge is 0.389 e. The van der Waals surface area contributed by atoms with E-state index in [4.69, 9.17) is 29.6 Å². The van der Waals surface area contributed by atoms with Crippen LogP contribution in [0.5, 0.6) is 0 Å². The van der Waals surface area contributed by atoms with E-state index in [2.05, 4.69) is 9.82 Å². The van der Waals surface area contributed by atoms with Crippen molar-refractivity contribution in [2.75, 3.05) is 4.72 Å². The van der Waals surface area contributed by atoms with Crippen LogP contribution in [0.15, 0.2) is 29.3 Å². The number of hydrogen-bond donors (Lipinski definition) is 2. The number of benzene rings is 1. The molecule has 0 spiro atoms. The quantitative estimate of drug-likeness (QED) is 0.826. The Balaban J connectivity index is 2.40. The number of hydrogen-bond acceptors (Lipinski definition) is 4. The molecule has 0 aliphatic heterocycles. The molecule has 0 aliphatic rings. The minimum Gasteiger partial charge on any atom is -0.389 e. The predicted octanol–water partition coefficient (Wildman–Crippen LogP) is 1.82. The predicted molar refractivity (Wildman–Crippen MR) is 86.1 cm³/mol. The Morgan fingerprint density at radius 3 is 2.62 bits per heavy atom. The second-order valence-corrected chi connectivity index (χ2v) is 6.91. The molecular formula is C12H13ClN4O2S2. The fourth-order valence-corrected chi connectivity index (χ4v) is 3.55. The van der Waals surface area contributed by atoms with Gasteiger partial charge < -0.3 is 5.73 Å². The highest BCUT2D eigenvalue weighted by molar-refractivity contribution is 7.92. The van der Waals surface area contributed by atoms with E-state index in [1.165, 1.54) is 22.9 Å². The van der Waals surface area contributed by atoms with Gasteiger partial charge in [-0.25, -0.2) is 8.42 Å². The number of halogens is 1. The highest BCUT2D eigenvalue weighted by atomic mass is 35.5. The van der Waals surface area contributed by atoms with Crippen molar-refractivity contribution in [3.8, 4) is 0 Å². The Hall–Kier alpha value is -1.64. The molecule has 0 amide bonds. The van der Waals surface area contributed by atoms with Gasteiger partial charge in [-0.1, -0.05) is 29.9 Å². The summed E-state index contributed by atoms with van der Waals surface area (Å²) in [5, 5.41) is 4.12. The third-order valence-corrected chi connectivity index (χ3v) is 4.85. The summed E-state index contributed by atoms with van der Waals surface area (Å²) in [4.78, 5) is 0.101. The van der Waals surface area contributed by atoms with Gasteiger partial charge in [0.2, 0.25) is 0 Å². The Morgan fingerprint density at radius 2 is 2.14 bits per heavy atom. The summed E-state index contributed by atoms with van der Waals surface area (Å²) < 4.78 is 28.7. The molecule has 6 nitrogen and oxygen atoms in total. The van der Waals surface area contributed by atoms with Crippen LogP contribution >= 0.6 is 23.8 Å². The van der Waals surface area contributed by atoms with Crippen molar-refractivity contribution in [1.82, 2.24) is 9.78 Å². The molecule has 0 atom stereocenters. The van der Waals surface area contributed by atoms with Crippen LogP contribution in [0.25, 0.3) is 0 Å². The van der Waals surface area contributed by atoms with Crippen molar-refractivity contribution < 1.29 is 8.42 Å². The molecule has 0 fully saturated rings. The fraction of sp³-hybridized carbons (Fsp3) is 0.167. The minimum atomic E-state index is -3.81. The normalized spacial score (nSPS) is 11.4. The maximum atomic E-state index is 12.4. The van der Waals surface area contributed by atoms with Crippen molar-refractivity contribution >= 4 is 44.5 Å². The molecular weight excluding hydrogens is 332 g/mol. The second-order valence-electron chi connectivity index (χ2n) is 4.42. The van der Waals surface area contributed by atoms with E-state index < -0.39 is 10.0 Å². The van der Waals surface area contributed by atoms with Crippen LogP contribution in [-0.2, 0) is 17.1 Å². The zero-order chi connectivity index (χ0) is 15.8. The summed E-state index contributed by atoms with van der Waals surface area (Å²) in [6.45, 7) is 1.70. The van der Waals surface area contributed by atoms with Crippen molar-refractivity contribution in [2.45, 2.75) is 11.8 Å². The number of anilines is 1. The molecule has 2 rings (SSSR count).